The van der Waals surface area contributed by atoms with E-state index in [1.165, 1.54) is 0 Å². The number of hydrogen-bond acceptors (Lipinski definition) is 10. The molecule has 0 radical (unpaired) electrons. The van der Waals surface area contributed by atoms with E-state index < -0.39 is 10.4 Å². The van der Waals surface area contributed by atoms with E-state index in [2.05, 4.69) is 14.4 Å². The SMILES string of the molecule is COS(=O)(=O)[O-].COc1ccc2c(c1)sc(N=Nc1ccc(N(C)CCO)cc1)[n+]2C. The van der Waals surface area contributed by atoms with E-state index in [0.29, 0.717) is 6.54 Å². The van der Waals surface area contributed by atoms with Crippen molar-refractivity contribution in [1.82, 2.24) is 0 Å². The van der Waals surface area contributed by atoms with Crippen molar-refractivity contribution in [2.24, 2.45) is 17.3 Å². The van der Waals surface area contributed by atoms with Crippen LogP contribution in [0.2, 0.25) is 0 Å². The first kappa shape index (κ1) is 24.6. The van der Waals surface area contributed by atoms with Crippen LogP contribution in [0.25, 0.3) is 10.2 Å². The molecule has 0 aliphatic heterocycles. The van der Waals surface area contributed by atoms with Gasteiger partial charge in [-0.2, -0.15) is 0 Å². The molecule has 0 aliphatic rings. The summed E-state index contributed by atoms with van der Waals surface area (Å²) in [5.74, 6) is 0.834. The van der Waals surface area contributed by atoms with Crippen molar-refractivity contribution < 1.29 is 31.6 Å². The second-order valence-electron chi connectivity index (χ2n) is 6.21. The Hall–Kier alpha value is -2.64. The van der Waals surface area contributed by atoms with Gasteiger partial charge < -0.3 is 19.3 Å². The van der Waals surface area contributed by atoms with Crippen molar-refractivity contribution in [1.29, 1.82) is 0 Å². The topological polar surface area (TPSA) is 128 Å². The third-order valence-electron chi connectivity index (χ3n) is 4.20. The molecule has 3 rings (SSSR count). The van der Waals surface area contributed by atoms with Crippen LogP contribution in [-0.2, 0) is 21.6 Å². The first-order valence-corrected chi connectivity index (χ1v) is 11.1. The number of methoxy groups -OCH3 is 1. The van der Waals surface area contributed by atoms with Gasteiger partial charge in [0.25, 0.3) is 0 Å². The van der Waals surface area contributed by atoms with Gasteiger partial charge in [-0.05, 0) is 52.8 Å². The molecule has 0 saturated carbocycles. The predicted octanol–water partition coefficient (Wildman–Crippen LogP) is 2.67. The van der Waals surface area contributed by atoms with E-state index in [0.717, 1.165) is 39.6 Å². The first-order chi connectivity index (χ1) is 14.7. The molecular weight excluding hydrogens is 444 g/mol. The molecule has 1 N–H and O–H groups in total. The third kappa shape index (κ3) is 7.22. The number of anilines is 1. The van der Waals surface area contributed by atoms with E-state index in [1.54, 1.807) is 18.4 Å². The molecule has 1 heterocycles. The standard InChI is InChI=1S/C18H21N4O2S.CH4O4S/c1-21(10-11-23)14-6-4-13(5-7-14)19-20-18-22(2)16-9-8-15(24-3)12-17(16)25-18;1-5-6(2,3)4/h4-9,12,23H,10-11H2,1-3H3;1H3,(H,2,3,4)/q+1;/p-1. The Labute approximate surface area is 185 Å². The second kappa shape index (κ2) is 11.1. The summed E-state index contributed by atoms with van der Waals surface area (Å²) in [4.78, 5) is 1.99. The molecule has 0 saturated heterocycles. The summed E-state index contributed by atoms with van der Waals surface area (Å²) >= 11 is 1.57. The summed E-state index contributed by atoms with van der Waals surface area (Å²) in [7, 11) is 1.98. The zero-order valence-electron chi connectivity index (χ0n) is 17.5. The van der Waals surface area contributed by atoms with E-state index in [-0.39, 0.29) is 6.61 Å². The zero-order valence-corrected chi connectivity index (χ0v) is 19.2. The van der Waals surface area contributed by atoms with Gasteiger partial charge in [-0.15, -0.1) is 0 Å². The maximum Gasteiger partial charge on any atom is 0.409 e. The van der Waals surface area contributed by atoms with Crippen LogP contribution in [0.1, 0.15) is 0 Å². The Kier molecular flexibility index (Phi) is 8.83. The molecule has 0 fully saturated rings. The number of nitrogens with zero attached hydrogens (tertiary/aromatic N) is 4. The molecule has 3 aromatic rings. The molecule has 10 nitrogen and oxygen atoms in total. The van der Waals surface area contributed by atoms with E-state index in [4.69, 9.17) is 9.84 Å². The molecule has 12 heteroatoms. The molecule has 0 spiro atoms. The van der Waals surface area contributed by atoms with Crippen molar-refractivity contribution in [3.8, 4) is 5.75 Å². The van der Waals surface area contributed by atoms with Crippen LogP contribution >= 0.6 is 11.3 Å². The minimum absolute atomic E-state index is 0.130. The highest BCUT2D eigenvalue weighted by Crippen LogP contribution is 2.30. The number of fused-ring (bicyclic) bond motifs is 1. The van der Waals surface area contributed by atoms with Crippen LogP contribution < -0.4 is 14.2 Å². The number of aliphatic hydroxyl groups is 1. The van der Waals surface area contributed by atoms with Crippen molar-refractivity contribution in [2.75, 3.05) is 39.3 Å². The lowest BCUT2D eigenvalue weighted by atomic mass is 10.2. The average molecular weight is 469 g/mol. The normalized spacial score (nSPS) is 11.4. The minimum Gasteiger partial charge on any atom is -0.726 e. The van der Waals surface area contributed by atoms with Crippen LogP contribution in [0.5, 0.6) is 5.75 Å². The van der Waals surface area contributed by atoms with Crippen LogP contribution in [0.4, 0.5) is 16.5 Å². The van der Waals surface area contributed by atoms with Crippen LogP contribution in [0.15, 0.2) is 52.7 Å². The number of hydrogen-bond donors (Lipinski definition) is 1. The van der Waals surface area contributed by atoms with Gasteiger partial charge in [-0.1, -0.05) is 0 Å². The molecule has 2 aromatic carbocycles. The predicted molar refractivity (Wildman–Crippen MR) is 117 cm³/mol. The fourth-order valence-electron chi connectivity index (χ4n) is 2.49. The van der Waals surface area contributed by atoms with Crippen LogP contribution in [0.3, 0.4) is 0 Å². The minimum atomic E-state index is -4.41. The Morgan fingerprint density at radius 1 is 1.16 bits per heavy atom. The Bertz CT molecular complexity index is 1130. The third-order valence-corrected chi connectivity index (χ3v) is 5.69. The molecule has 1 aromatic heterocycles. The van der Waals surface area contributed by atoms with Crippen molar-refractivity contribution in [2.45, 2.75) is 0 Å². The Balaban J connectivity index is 0.000000501. The zero-order chi connectivity index (χ0) is 23.0. The summed E-state index contributed by atoms with van der Waals surface area (Å²) in [5, 5.41) is 18.6. The molecule has 0 aliphatic carbocycles. The molecule has 168 valence electrons. The monoisotopic (exact) mass is 468 g/mol. The smallest absolute Gasteiger partial charge is 0.409 e. The number of likely N-dealkylation sites (N-methyl/N-ethyl adjacent to an activating group) is 1. The fraction of sp³-hybridized carbons (Fsp3) is 0.316. The molecule has 0 bridgehead atoms. The van der Waals surface area contributed by atoms with Gasteiger partial charge in [0.05, 0.1) is 37.7 Å². The van der Waals surface area contributed by atoms with Crippen molar-refractivity contribution in [3.63, 3.8) is 0 Å². The molecule has 0 unspecified atom stereocenters. The maximum absolute atomic E-state index is 9.22. The van der Waals surface area contributed by atoms with Gasteiger partial charge >= 0.3 is 5.13 Å². The van der Waals surface area contributed by atoms with Gasteiger partial charge in [0, 0.05) is 25.3 Å². The number of thiazole rings is 1. The average Bonchev–Trinajstić information content (AvgIpc) is 3.07. The van der Waals surface area contributed by atoms with E-state index >= 15 is 0 Å². The number of benzene rings is 2. The lowest BCUT2D eigenvalue weighted by molar-refractivity contribution is -0.627. The Morgan fingerprint density at radius 3 is 2.35 bits per heavy atom. The fourth-order valence-corrected chi connectivity index (χ4v) is 3.49. The number of azo groups is 1. The van der Waals surface area contributed by atoms with E-state index in [1.807, 2.05) is 66.0 Å². The van der Waals surface area contributed by atoms with Gasteiger partial charge in [-0.3, -0.25) is 4.18 Å². The quantitative estimate of drug-likeness (QED) is 0.244. The summed E-state index contributed by atoms with van der Waals surface area (Å²) in [6.45, 7) is 0.729. The highest BCUT2D eigenvalue weighted by molar-refractivity contribution is 7.80. The summed E-state index contributed by atoms with van der Waals surface area (Å²) in [6, 6.07) is 13.8. The van der Waals surface area contributed by atoms with Gasteiger partial charge in [0.15, 0.2) is 0 Å². The number of aryl methyl sites for hydroxylation is 1. The van der Waals surface area contributed by atoms with Crippen LogP contribution in [0, 0.1) is 0 Å². The highest BCUT2D eigenvalue weighted by atomic mass is 32.3. The first-order valence-electron chi connectivity index (χ1n) is 9.00. The van der Waals surface area contributed by atoms with Crippen molar-refractivity contribution >= 4 is 48.5 Å². The number of aliphatic hydroxyl groups excluding tert-OH is 1. The summed E-state index contributed by atoms with van der Waals surface area (Å²) in [5.41, 5.74) is 2.92. The molecule has 0 amide bonds. The molecule has 31 heavy (non-hydrogen) atoms. The molecular formula is C19H24N4O6S2. The van der Waals surface area contributed by atoms with Gasteiger partial charge in [-0.25, -0.2) is 13.0 Å². The molecule has 0 atom stereocenters. The summed E-state index contributed by atoms with van der Waals surface area (Å²) in [6.07, 6.45) is 0. The number of rotatable bonds is 7. The second-order valence-corrected chi connectivity index (χ2v) is 8.37. The number of aromatic nitrogens is 1. The van der Waals surface area contributed by atoms with Crippen LogP contribution in [-0.4, -0.2) is 52.5 Å². The van der Waals surface area contributed by atoms with E-state index in [9.17, 15) is 13.0 Å². The van der Waals surface area contributed by atoms with Gasteiger partial charge in [0.2, 0.25) is 10.4 Å². The highest BCUT2D eigenvalue weighted by Gasteiger charge is 2.16. The van der Waals surface area contributed by atoms with Crippen molar-refractivity contribution in [3.05, 3.63) is 42.5 Å². The maximum atomic E-state index is 9.22. The van der Waals surface area contributed by atoms with Gasteiger partial charge in [0.1, 0.15) is 17.0 Å². The lowest BCUT2D eigenvalue weighted by Gasteiger charge is -2.17. The summed E-state index contributed by atoms with van der Waals surface area (Å²) < 4.78 is 39.4. The Morgan fingerprint density at radius 2 is 1.81 bits per heavy atom. The number of ether oxygens (including phenoxy) is 1. The lowest BCUT2D eigenvalue weighted by Crippen LogP contribution is -2.25. The largest absolute Gasteiger partial charge is 0.726 e.